The average molecular weight is 212 g/mol. The quantitative estimate of drug-likeness (QED) is 0.661. The molecule has 0 fully saturated rings. The van der Waals surface area contributed by atoms with Crippen molar-refractivity contribution in [3.63, 3.8) is 0 Å². The summed E-state index contributed by atoms with van der Waals surface area (Å²) in [6.45, 7) is 2.75. The fraction of sp³-hybridized carbons (Fsp3) is 0.556. The number of amides is 1. The Labute approximate surface area is 88.4 Å². The Morgan fingerprint density at radius 3 is 3.07 bits per heavy atom. The van der Waals surface area contributed by atoms with E-state index in [0.717, 1.165) is 0 Å². The summed E-state index contributed by atoms with van der Waals surface area (Å²) in [4.78, 5) is 11.6. The van der Waals surface area contributed by atoms with Gasteiger partial charge in [-0.3, -0.25) is 9.48 Å². The van der Waals surface area contributed by atoms with E-state index in [2.05, 4.69) is 10.4 Å². The molecule has 6 heteroatoms. The number of ether oxygens (including phenoxy) is 1. The van der Waals surface area contributed by atoms with E-state index in [9.17, 15) is 4.79 Å². The Balaban J connectivity index is 2.46. The topological polar surface area (TPSA) is 82.2 Å². The Bertz CT molecular complexity index is 324. The number of nitrogens with one attached hydrogen (secondary N) is 1. The van der Waals surface area contributed by atoms with Crippen LogP contribution in [-0.4, -0.2) is 35.9 Å². The fourth-order valence-electron chi connectivity index (χ4n) is 1.11. The Morgan fingerprint density at radius 2 is 2.53 bits per heavy atom. The van der Waals surface area contributed by atoms with E-state index in [1.807, 2.05) is 0 Å². The average Bonchev–Trinajstić information content (AvgIpc) is 2.64. The van der Waals surface area contributed by atoms with Gasteiger partial charge >= 0.3 is 0 Å². The molecule has 0 bridgehead atoms. The second-order valence-corrected chi connectivity index (χ2v) is 3.18. The summed E-state index contributed by atoms with van der Waals surface area (Å²) < 4.78 is 6.35. The summed E-state index contributed by atoms with van der Waals surface area (Å²) in [5, 5.41) is 6.69. The first-order chi connectivity index (χ1) is 7.15. The van der Waals surface area contributed by atoms with Gasteiger partial charge in [0.25, 0.3) is 0 Å². The lowest BCUT2D eigenvalue weighted by atomic mass is 10.3. The number of rotatable bonds is 5. The van der Waals surface area contributed by atoms with Crippen LogP contribution in [0.5, 0.6) is 0 Å². The van der Waals surface area contributed by atoms with Crippen molar-refractivity contribution in [3.05, 3.63) is 12.3 Å². The highest BCUT2D eigenvalue weighted by molar-refractivity contribution is 5.79. The molecule has 0 aromatic carbocycles. The van der Waals surface area contributed by atoms with Gasteiger partial charge in [0.15, 0.2) is 0 Å². The molecule has 1 unspecified atom stereocenters. The third-order valence-corrected chi connectivity index (χ3v) is 2.01. The van der Waals surface area contributed by atoms with E-state index in [-0.39, 0.29) is 11.9 Å². The maximum atomic E-state index is 11.6. The van der Waals surface area contributed by atoms with E-state index in [1.54, 1.807) is 26.3 Å². The highest BCUT2D eigenvalue weighted by Crippen LogP contribution is 2.06. The predicted octanol–water partition coefficient (Wildman–Crippen LogP) is -0.211. The standard InChI is InChI=1S/C9H16N4O2/c1-7(9(14)11-4-6-15-2)13-5-3-8(10)12-13/h3,5,7H,4,6H2,1-2H3,(H2,10,12)(H,11,14). The maximum absolute atomic E-state index is 11.6. The SMILES string of the molecule is COCCNC(=O)C(C)n1ccc(N)n1. The molecule has 0 saturated carbocycles. The minimum atomic E-state index is -0.362. The van der Waals surface area contributed by atoms with Crippen LogP contribution in [0.15, 0.2) is 12.3 Å². The number of carbonyl (C=O) groups is 1. The van der Waals surface area contributed by atoms with Crippen LogP contribution in [0.3, 0.4) is 0 Å². The van der Waals surface area contributed by atoms with Gasteiger partial charge in [-0.1, -0.05) is 0 Å². The van der Waals surface area contributed by atoms with Crippen LogP contribution in [0.2, 0.25) is 0 Å². The lowest BCUT2D eigenvalue weighted by molar-refractivity contribution is -0.124. The molecule has 0 spiro atoms. The zero-order valence-corrected chi connectivity index (χ0v) is 8.93. The van der Waals surface area contributed by atoms with Crippen molar-refractivity contribution in [3.8, 4) is 0 Å². The van der Waals surface area contributed by atoms with Crippen LogP contribution in [0.1, 0.15) is 13.0 Å². The van der Waals surface area contributed by atoms with Crippen LogP contribution >= 0.6 is 0 Å². The molecule has 6 nitrogen and oxygen atoms in total. The molecule has 0 radical (unpaired) electrons. The fourth-order valence-corrected chi connectivity index (χ4v) is 1.11. The maximum Gasteiger partial charge on any atom is 0.244 e. The summed E-state index contributed by atoms with van der Waals surface area (Å²) in [6.07, 6.45) is 1.68. The molecule has 1 aromatic heterocycles. The van der Waals surface area contributed by atoms with Crippen molar-refractivity contribution in [1.29, 1.82) is 0 Å². The van der Waals surface area contributed by atoms with Gasteiger partial charge in [-0.25, -0.2) is 0 Å². The minimum Gasteiger partial charge on any atom is -0.383 e. The predicted molar refractivity (Wildman–Crippen MR) is 56.2 cm³/mol. The van der Waals surface area contributed by atoms with E-state index in [4.69, 9.17) is 10.5 Å². The Hall–Kier alpha value is -1.56. The molecule has 1 heterocycles. The van der Waals surface area contributed by atoms with Crippen LogP contribution in [-0.2, 0) is 9.53 Å². The summed E-state index contributed by atoms with van der Waals surface area (Å²) >= 11 is 0. The molecule has 1 rings (SSSR count). The molecule has 1 aromatic rings. The summed E-state index contributed by atoms with van der Waals surface area (Å²) in [7, 11) is 1.59. The van der Waals surface area contributed by atoms with E-state index in [1.165, 1.54) is 4.68 Å². The summed E-state index contributed by atoms with van der Waals surface area (Å²) in [6, 6.07) is 1.29. The largest absolute Gasteiger partial charge is 0.383 e. The monoisotopic (exact) mass is 212 g/mol. The molecule has 0 aliphatic heterocycles. The van der Waals surface area contributed by atoms with E-state index >= 15 is 0 Å². The molecule has 84 valence electrons. The number of nitrogens with zero attached hydrogens (tertiary/aromatic N) is 2. The van der Waals surface area contributed by atoms with E-state index < -0.39 is 0 Å². The van der Waals surface area contributed by atoms with Crippen molar-refractivity contribution in [2.45, 2.75) is 13.0 Å². The zero-order chi connectivity index (χ0) is 11.3. The van der Waals surface area contributed by atoms with Crippen LogP contribution in [0.4, 0.5) is 5.82 Å². The highest BCUT2D eigenvalue weighted by atomic mass is 16.5. The number of anilines is 1. The second kappa shape index (κ2) is 5.35. The van der Waals surface area contributed by atoms with E-state index in [0.29, 0.717) is 19.0 Å². The molecule has 15 heavy (non-hydrogen) atoms. The highest BCUT2D eigenvalue weighted by Gasteiger charge is 2.14. The van der Waals surface area contributed by atoms with Gasteiger partial charge in [-0.2, -0.15) is 5.10 Å². The molecule has 1 atom stereocenters. The molecular weight excluding hydrogens is 196 g/mol. The van der Waals surface area contributed by atoms with Crippen LogP contribution in [0.25, 0.3) is 0 Å². The van der Waals surface area contributed by atoms with Gasteiger partial charge < -0.3 is 15.8 Å². The van der Waals surface area contributed by atoms with Crippen molar-refractivity contribution >= 4 is 11.7 Å². The molecule has 0 aliphatic rings. The third kappa shape index (κ3) is 3.25. The van der Waals surface area contributed by atoms with Gasteiger partial charge in [0.2, 0.25) is 5.91 Å². The van der Waals surface area contributed by atoms with Crippen molar-refractivity contribution < 1.29 is 9.53 Å². The lowest BCUT2D eigenvalue weighted by Gasteiger charge is -2.12. The van der Waals surface area contributed by atoms with Crippen LogP contribution < -0.4 is 11.1 Å². The van der Waals surface area contributed by atoms with Gasteiger partial charge in [-0.05, 0) is 13.0 Å². The lowest BCUT2D eigenvalue weighted by Crippen LogP contribution is -2.33. The number of hydrogen-bond donors (Lipinski definition) is 2. The Kier molecular flexibility index (Phi) is 4.11. The van der Waals surface area contributed by atoms with Gasteiger partial charge in [0.1, 0.15) is 11.9 Å². The smallest absolute Gasteiger partial charge is 0.244 e. The second-order valence-electron chi connectivity index (χ2n) is 3.18. The van der Waals surface area contributed by atoms with Gasteiger partial charge in [-0.15, -0.1) is 0 Å². The number of aromatic nitrogens is 2. The number of nitrogens with two attached hydrogens (primary N) is 1. The summed E-state index contributed by atoms with van der Waals surface area (Å²) in [5.74, 6) is 0.307. The van der Waals surface area contributed by atoms with Crippen molar-refractivity contribution in [2.75, 3.05) is 26.0 Å². The normalized spacial score (nSPS) is 12.4. The first-order valence-electron chi connectivity index (χ1n) is 4.72. The molecule has 1 amide bonds. The molecule has 0 saturated heterocycles. The van der Waals surface area contributed by atoms with Crippen molar-refractivity contribution in [1.82, 2.24) is 15.1 Å². The van der Waals surface area contributed by atoms with Gasteiger partial charge in [0, 0.05) is 19.9 Å². The van der Waals surface area contributed by atoms with Gasteiger partial charge in [0.05, 0.1) is 6.61 Å². The third-order valence-electron chi connectivity index (χ3n) is 2.01. The number of nitrogen functional groups attached to an aromatic ring is 1. The van der Waals surface area contributed by atoms with Crippen LogP contribution in [0, 0.1) is 0 Å². The zero-order valence-electron chi connectivity index (χ0n) is 8.93. The van der Waals surface area contributed by atoms with Crippen molar-refractivity contribution in [2.24, 2.45) is 0 Å². The minimum absolute atomic E-state index is 0.102. The number of carbonyl (C=O) groups excluding carboxylic acids is 1. The summed E-state index contributed by atoms with van der Waals surface area (Å²) in [5.41, 5.74) is 5.45. The number of methoxy groups -OCH3 is 1. The first-order valence-corrected chi connectivity index (χ1v) is 4.72. The molecule has 0 aliphatic carbocycles. The first kappa shape index (κ1) is 11.5. The number of hydrogen-bond acceptors (Lipinski definition) is 4. The molecule has 3 N–H and O–H groups in total. The Morgan fingerprint density at radius 1 is 1.80 bits per heavy atom. The molecular formula is C9H16N4O2.